The number of carbonyl (C=O) groups excluding carboxylic acids is 2. The maximum absolute atomic E-state index is 13.6. The van der Waals surface area contributed by atoms with Crippen molar-refractivity contribution in [2.24, 2.45) is 4.99 Å². The Morgan fingerprint density at radius 1 is 1.33 bits per heavy atom. The first-order valence-corrected chi connectivity index (χ1v) is 11.2. The van der Waals surface area contributed by atoms with E-state index in [-0.39, 0.29) is 18.4 Å². The fourth-order valence-corrected chi connectivity index (χ4v) is 3.67. The minimum Gasteiger partial charge on any atom is -0.391 e. The normalized spacial score (nSPS) is 19.3. The molecule has 0 aliphatic carbocycles. The number of hydrogen-bond acceptors (Lipinski definition) is 6. The molecule has 3 unspecified atom stereocenters. The summed E-state index contributed by atoms with van der Waals surface area (Å²) in [5.41, 5.74) is 2.02. The Hall–Kier alpha value is -3.24. The highest BCUT2D eigenvalue weighted by Crippen LogP contribution is 2.29. The van der Waals surface area contributed by atoms with Crippen LogP contribution in [-0.4, -0.2) is 53.6 Å². The van der Waals surface area contributed by atoms with Crippen molar-refractivity contribution < 1.29 is 14.7 Å². The van der Waals surface area contributed by atoms with Crippen molar-refractivity contribution >= 4 is 24.6 Å². The van der Waals surface area contributed by atoms with Crippen LogP contribution in [0.4, 0.5) is 5.69 Å². The second kappa shape index (κ2) is 12.7. The van der Waals surface area contributed by atoms with E-state index in [0.717, 1.165) is 5.56 Å². The lowest BCUT2D eigenvalue weighted by atomic mass is 9.87. The Kier molecular flexibility index (Phi) is 10.7. The molecule has 0 spiro atoms. The fourth-order valence-electron chi connectivity index (χ4n) is 3.67. The number of nitriles is 1. The van der Waals surface area contributed by atoms with Gasteiger partial charge in [0.2, 0.25) is 0 Å². The summed E-state index contributed by atoms with van der Waals surface area (Å²) in [7, 11) is 0. The summed E-state index contributed by atoms with van der Waals surface area (Å²) in [6, 6.07) is 5.63. The van der Waals surface area contributed by atoms with Gasteiger partial charge in [-0.3, -0.25) is 19.6 Å². The van der Waals surface area contributed by atoms with Gasteiger partial charge in [0.15, 0.2) is 6.19 Å². The van der Waals surface area contributed by atoms with Gasteiger partial charge in [-0.15, -0.1) is 0 Å². The van der Waals surface area contributed by atoms with Crippen molar-refractivity contribution in [3.8, 4) is 6.19 Å². The monoisotopic (exact) mass is 452 g/mol. The molecule has 7 heteroatoms. The molecule has 1 saturated heterocycles. The highest BCUT2D eigenvalue weighted by Gasteiger charge is 2.41. The van der Waals surface area contributed by atoms with Crippen LogP contribution in [0.25, 0.3) is 0 Å². The standard InChI is InChI=1S/C24H30N4O3.C2H6/c1-6-7-17(13-26-5)22(15-29)28(19-10-8-18(9-11-19)24(2,3)4)23(31)21-12-20(30)14-27(21)16-25;1-2/h6-11,13,15,20-22,30H,5,12,14H2,1-4H3;1-2H3/b7-6-,17-13+;. The Bertz CT molecular complexity index is 907. The number of allylic oxidation sites excluding steroid dienone is 1. The molecule has 3 atom stereocenters. The fraction of sp³-hybridized carbons (Fsp3) is 0.462. The van der Waals surface area contributed by atoms with Crippen LogP contribution < -0.4 is 4.90 Å². The van der Waals surface area contributed by atoms with Crippen LogP contribution in [0.15, 0.2) is 53.2 Å². The Labute approximate surface area is 197 Å². The molecule has 1 aliphatic rings. The van der Waals surface area contributed by atoms with Crippen molar-refractivity contribution in [3.05, 3.63) is 53.8 Å². The highest BCUT2D eigenvalue weighted by atomic mass is 16.3. The molecule has 178 valence electrons. The van der Waals surface area contributed by atoms with Crippen LogP contribution in [0.3, 0.4) is 0 Å². The number of amides is 1. The van der Waals surface area contributed by atoms with E-state index in [1.807, 2.05) is 32.2 Å². The summed E-state index contributed by atoms with van der Waals surface area (Å²) in [4.78, 5) is 32.3. The Morgan fingerprint density at radius 2 is 1.94 bits per heavy atom. The van der Waals surface area contributed by atoms with Crippen LogP contribution >= 0.6 is 0 Å². The maximum Gasteiger partial charge on any atom is 0.251 e. The predicted octanol–water partition coefficient (Wildman–Crippen LogP) is 3.99. The number of β-amino-alcohol motifs (C(OH)–C–C–N with tert-alkyl or cyclic N) is 1. The predicted molar refractivity (Wildman–Crippen MR) is 133 cm³/mol. The van der Waals surface area contributed by atoms with Crippen molar-refractivity contribution in [1.29, 1.82) is 5.26 Å². The maximum atomic E-state index is 13.6. The molecular formula is C26H36N4O3. The number of rotatable bonds is 7. The third-order valence-electron chi connectivity index (χ3n) is 5.29. The van der Waals surface area contributed by atoms with Crippen LogP contribution in [0.1, 0.15) is 53.5 Å². The van der Waals surface area contributed by atoms with E-state index in [0.29, 0.717) is 17.5 Å². The van der Waals surface area contributed by atoms with Gasteiger partial charge in [0.1, 0.15) is 18.4 Å². The summed E-state index contributed by atoms with van der Waals surface area (Å²) >= 11 is 0. The molecule has 1 fully saturated rings. The molecule has 1 aromatic carbocycles. The van der Waals surface area contributed by atoms with Gasteiger partial charge < -0.3 is 9.90 Å². The average Bonchev–Trinajstić information content (AvgIpc) is 3.18. The van der Waals surface area contributed by atoms with E-state index >= 15 is 0 Å². The highest BCUT2D eigenvalue weighted by molar-refractivity contribution is 6.02. The molecule has 1 heterocycles. The molecule has 2 rings (SSSR count). The Balaban J connectivity index is 0.00000265. The molecule has 1 N–H and O–H groups in total. The van der Waals surface area contributed by atoms with Crippen LogP contribution in [0.2, 0.25) is 0 Å². The van der Waals surface area contributed by atoms with Crippen LogP contribution in [0.5, 0.6) is 0 Å². The number of aldehydes is 1. The van der Waals surface area contributed by atoms with E-state index in [1.165, 1.54) is 16.0 Å². The lowest BCUT2D eigenvalue weighted by Gasteiger charge is -2.33. The number of carbonyl (C=O) groups is 2. The first-order valence-electron chi connectivity index (χ1n) is 11.2. The molecule has 7 nitrogen and oxygen atoms in total. The van der Waals surface area contributed by atoms with E-state index in [9.17, 15) is 20.0 Å². The van der Waals surface area contributed by atoms with Crippen LogP contribution in [-0.2, 0) is 15.0 Å². The van der Waals surface area contributed by atoms with E-state index in [4.69, 9.17) is 0 Å². The van der Waals surface area contributed by atoms with Crippen molar-refractivity contribution in [2.45, 2.75) is 71.6 Å². The van der Waals surface area contributed by atoms with E-state index < -0.39 is 24.1 Å². The number of nitrogens with zero attached hydrogens (tertiary/aromatic N) is 4. The van der Waals surface area contributed by atoms with Gasteiger partial charge in [-0.1, -0.05) is 58.9 Å². The van der Waals surface area contributed by atoms with Crippen molar-refractivity contribution in [3.63, 3.8) is 0 Å². The summed E-state index contributed by atoms with van der Waals surface area (Å²) < 4.78 is 0. The number of aliphatic hydroxyl groups is 1. The average molecular weight is 453 g/mol. The SMILES string of the molecule is C=N/C=C(\C=C/C)C(C=O)N(C(=O)C1CC(O)CN1C#N)c1ccc(C(C)(C)C)cc1.CC. The number of anilines is 1. The van der Waals surface area contributed by atoms with Gasteiger partial charge >= 0.3 is 0 Å². The first-order chi connectivity index (χ1) is 15.7. The molecule has 1 amide bonds. The molecule has 1 aliphatic heterocycles. The molecule has 0 aromatic heterocycles. The second-order valence-electron chi connectivity index (χ2n) is 8.56. The van der Waals surface area contributed by atoms with Crippen molar-refractivity contribution in [1.82, 2.24) is 4.90 Å². The number of likely N-dealkylation sites (tertiary alicyclic amines) is 1. The zero-order valence-corrected chi connectivity index (χ0v) is 20.5. The lowest BCUT2D eigenvalue weighted by Crippen LogP contribution is -2.50. The number of aliphatic imine (C=N–C) groups is 1. The van der Waals surface area contributed by atoms with Gasteiger partial charge in [0.05, 0.1) is 12.6 Å². The van der Waals surface area contributed by atoms with Gasteiger partial charge in [-0.25, -0.2) is 0 Å². The first kappa shape index (κ1) is 27.8. The van der Waals surface area contributed by atoms with E-state index in [1.54, 1.807) is 31.2 Å². The summed E-state index contributed by atoms with van der Waals surface area (Å²) in [5.74, 6) is -0.432. The molecule has 33 heavy (non-hydrogen) atoms. The number of benzene rings is 1. The zero-order chi connectivity index (χ0) is 25.2. The van der Waals surface area contributed by atoms with E-state index in [2.05, 4.69) is 32.5 Å². The summed E-state index contributed by atoms with van der Waals surface area (Å²) in [5, 5.41) is 19.5. The van der Waals surface area contributed by atoms with Gasteiger partial charge in [-0.05, 0) is 36.8 Å². The third-order valence-corrected chi connectivity index (χ3v) is 5.29. The molecule has 0 saturated carbocycles. The molecule has 0 radical (unpaired) electrons. The smallest absolute Gasteiger partial charge is 0.251 e. The minimum absolute atomic E-state index is 0.0760. The molecule has 0 bridgehead atoms. The Morgan fingerprint density at radius 3 is 2.39 bits per heavy atom. The number of hydrogen-bond donors (Lipinski definition) is 1. The quantitative estimate of drug-likeness (QED) is 0.292. The largest absolute Gasteiger partial charge is 0.391 e. The summed E-state index contributed by atoms with van der Waals surface area (Å²) in [6.07, 6.45) is 6.88. The van der Waals surface area contributed by atoms with Gasteiger partial charge in [0.25, 0.3) is 5.91 Å². The molecular weight excluding hydrogens is 416 g/mol. The van der Waals surface area contributed by atoms with Crippen LogP contribution in [0, 0.1) is 11.5 Å². The summed E-state index contributed by atoms with van der Waals surface area (Å²) in [6.45, 7) is 15.6. The lowest BCUT2D eigenvalue weighted by molar-refractivity contribution is -0.123. The third kappa shape index (κ3) is 6.87. The minimum atomic E-state index is -0.965. The van der Waals surface area contributed by atoms with Crippen molar-refractivity contribution in [2.75, 3.05) is 11.4 Å². The van der Waals surface area contributed by atoms with Gasteiger partial charge in [-0.2, -0.15) is 5.26 Å². The number of aliphatic hydroxyl groups excluding tert-OH is 1. The zero-order valence-electron chi connectivity index (χ0n) is 20.5. The topological polar surface area (TPSA) is 97.0 Å². The molecule has 1 aromatic rings. The second-order valence-corrected chi connectivity index (χ2v) is 8.56. The van der Waals surface area contributed by atoms with Gasteiger partial charge in [0, 0.05) is 23.9 Å².